The quantitative estimate of drug-likeness (QED) is 0.712. The van der Waals surface area contributed by atoms with Crippen LogP contribution in [0.3, 0.4) is 0 Å². The number of likely N-dealkylation sites (tertiary alicyclic amines) is 1. The van der Waals surface area contributed by atoms with E-state index in [1.165, 1.54) is 6.42 Å². The first-order valence-electron chi connectivity index (χ1n) is 5.56. The second-order valence-electron chi connectivity index (χ2n) is 3.18. The first-order chi connectivity index (χ1) is 6.63. The molecule has 1 aliphatic heterocycles. The van der Waals surface area contributed by atoms with Crippen LogP contribution in [0.4, 0.5) is 0 Å². The first-order valence-corrected chi connectivity index (χ1v) is 5.56. The Morgan fingerprint density at radius 2 is 1.86 bits per heavy atom. The molecule has 1 N–H and O–H groups in total. The Morgan fingerprint density at radius 3 is 2.00 bits per heavy atom. The molecule has 1 rings (SSSR count). The third-order valence-electron chi connectivity index (χ3n) is 1.81. The average Bonchev–Trinajstić information content (AvgIpc) is 2.56. The van der Waals surface area contributed by atoms with Crippen molar-refractivity contribution < 1.29 is 9.90 Å². The van der Waals surface area contributed by atoms with Gasteiger partial charge < -0.3 is 5.11 Å². The molecule has 1 atom stereocenters. The molecule has 0 amide bonds. The lowest BCUT2D eigenvalue weighted by Gasteiger charge is -2.13. The van der Waals surface area contributed by atoms with Crippen molar-refractivity contribution in [1.29, 1.82) is 0 Å². The number of carboxylic acid groups (broad SMARTS) is 1. The Balaban J connectivity index is 0. The summed E-state index contributed by atoms with van der Waals surface area (Å²) in [6.07, 6.45) is 3.08. The van der Waals surface area contributed by atoms with Crippen LogP contribution in [0.5, 0.6) is 0 Å². The zero-order valence-corrected chi connectivity index (χ0v) is 10.2. The van der Waals surface area contributed by atoms with Crippen LogP contribution in [0.1, 0.15) is 47.0 Å². The normalized spacial score (nSPS) is 20.2. The molecular formula is C11H25NO2. The molecule has 1 fully saturated rings. The summed E-state index contributed by atoms with van der Waals surface area (Å²) in [5, 5.41) is 8.54. The number of nitrogens with zero attached hydrogens (tertiary/aromatic N) is 1. The van der Waals surface area contributed by atoms with E-state index in [4.69, 9.17) is 5.11 Å². The number of carbonyl (C=O) groups is 1. The number of likely N-dealkylation sites (N-methyl/N-ethyl adjacent to an activating group) is 1. The summed E-state index contributed by atoms with van der Waals surface area (Å²) in [6, 6.07) is -0.218. The van der Waals surface area contributed by atoms with Gasteiger partial charge in [0.2, 0.25) is 0 Å². The van der Waals surface area contributed by atoms with Crippen molar-refractivity contribution in [2.45, 2.75) is 53.0 Å². The average molecular weight is 203 g/mol. The van der Waals surface area contributed by atoms with E-state index in [2.05, 4.69) is 13.8 Å². The highest BCUT2D eigenvalue weighted by Crippen LogP contribution is 2.13. The van der Waals surface area contributed by atoms with Crippen molar-refractivity contribution in [3.8, 4) is 0 Å². The summed E-state index contributed by atoms with van der Waals surface area (Å²) in [5.74, 6) is -0.685. The minimum atomic E-state index is -0.685. The van der Waals surface area contributed by atoms with Gasteiger partial charge in [0.25, 0.3) is 0 Å². The number of aliphatic carboxylic acids is 1. The molecule has 0 bridgehead atoms. The molecule has 0 spiro atoms. The zero-order valence-electron chi connectivity index (χ0n) is 10.2. The van der Waals surface area contributed by atoms with E-state index in [0.29, 0.717) is 0 Å². The lowest BCUT2D eigenvalue weighted by Crippen LogP contribution is -2.32. The molecule has 0 radical (unpaired) electrons. The summed E-state index contributed by atoms with van der Waals surface area (Å²) >= 11 is 0. The van der Waals surface area contributed by atoms with E-state index in [9.17, 15) is 4.79 Å². The molecule has 3 nitrogen and oxygen atoms in total. The van der Waals surface area contributed by atoms with Crippen LogP contribution in [0.15, 0.2) is 0 Å². The number of carboxylic acids is 1. The highest BCUT2D eigenvalue weighted by atomic mass is 16.4. The highest BCUT2D eigenvalue weighted by Gasteiger charge is 2.26. The molecule has 0 saturated carbocycles. The van der Waals surface area contributed by atoms with Gasteiger partial charge in [0.05, 0.1) is 0 Å². The standard InChI is InChI=1S/C6H11NO2.C3H8.C2H6/c1-7-4-2-3-5(7)6(8)9;1-3-2;1-2/h5H,2-4H2,1H3,(H,8,9);3H2,1-2H3;1-2H3. The maximum absolute atomic E-state index is 10.4. The van der Waals surface area contributed by atoms with Crippen molar-refractivity contribution in [3.05, 3.63) is 0 Å². The number of hydrogen-bond donors (Lipinski definition) is 1. The SMILES string of the molecule is CC.CCC.CN1CCCC1C(=O)O. The van der Waals surface area contributed by atoms with Gasteiger partial charge in [0.15, 0.2) is 0 Å². The van der Waals surface area contributed by atoms with Crippen LogP contribution in [0.2, 0.25) is 0 Å². The van der Waals surface area contributed by atoms with E-state index in [0.717, 1.165) is 19.4 Å². The molecule has 86 valence electrons. The van der Waals surface area contributed by atoms with Gasteiger partial charge in [-0.3, -0.25) is 9.69 Å². The van der Waals surface area contributed by atoms with Crippen LogP contribution < -0.4 is 0 Å². The van der Waals surface area contributed by atoms with Crippen LogP contribution in [-0.2, 0) is 4.79 Å². The van der Waals surface area contributed by atoms with Crippen molar-refractivity contribution in [2.75, 3.05) is 13.6 Å². The minimum Gasteiger partial charge on any atom is -0.480 e. The fraction of sp³-hybridized carbons (Fsp3) is 0.909. The highest BCUT2D eigenvalue weighted by molar-refractivity contribution is 5.73. The smallest absolute Gasteiger partial charge is 0.320 e. The van der Waals surface area contributed by atoms with Gasteiger partial charge >= 0.3 is 5.97 Å². The minimum absolute atomic E-state index is 0.218. The lowest BCUT2D eigenvalue weighted by molar-refractivity contribution is -0.141. The molecular weight excluding hydrogens is 178 g/mol. The van der Waals surface area contributed by atoms with E-state index in [1.807, 2.05) is 25.8 Å². The van der Waals surface area contributed by atoms with Gasteiger partial charge in [-0.15, -0.1) is 0 Å². The third kappa shape index (κ3) is 6.89. The Morgan fingerprint density at radius 1 is 1.43 bits per heavy atom. The Labute approximate surface area is 88.1 Å². The molecule has 3 heteroatoms. The Bertz CT molecular complexity index is 137. The maximum Gasteiger partial charge on any atom is 0.320 e. The van der Waals surface area contributed by atoms with Gasteiger partial charge in [0, 0.05) is 0 Å². The molecule has 14 heavy (non-hydrogen) atoms. The van der Waals surface area contributed by atoms with Gasteiger partial charge in [-0.05, 0) is 26.4 Å². The fourth-order valence-corrected chi connectivity index (χ4v) is 1.22. The second kappa shape index (κ2) is 10.5. The Hall–Kier alpha value is -0.570. The van der Waals surface area contributed by atoms with Crippen molar-refractivity contribution >= 4 is 5.97 Å². The molecule has 0 aromatic heterocycles. The topological polar surface area (TPSA) is 40.5 Å². The van der Waals surface area contributed by atoms with E-state index in [1.54, 1.807) is 0 Å². The van der Waals surface area contributed by atoms with Crippen LogP contribution in [0, 0.1) is 0 Å². The van der Waals surface area contributed by atoms with Crippen molar-refractivity contribution in [3.63, 3.8) is 0 Å². The predicted molar refractivity (Wildman–Crippen MR) is 60.6 cm³/mol. The van der Waals surface area contributed by atoms with Gasteiger partial charge in [0.1, 0.15) is 6.04 Å². The first kappa shape index (κ1) is 15.9. The van der Waals surface area contributed by atoms with Gasteiger partial charge in [-0.1, -0.05) is 34.1 Å². The molecule has 0 aromatic carbocycles. The maximum atomic E-state index is 10.4. The van der Waals surface area contributed by atoms with Gasteiger partial charge in [-0.2, -0.15) is 0 Å². The van der Waals surface area contributed by atoms with Crippen LogP contribution >= 0.6 is 0 Å². The largest absolute Gasteiger partial charge is 0.480 e. The molecule has 1 saturated heterocycles. The van der Waals surface area contributed by atoms with Crippen LogP contribution in [-0.4, -0.2) is 35.6 Å². The molecule has 1 aliphatic rings. The second-order valence-corrected chi connectivity index (χ2v) is 3.18. The molecule has 0 aliphatic carbocycles. The molecule has 1 unspecified atom stereocenters. The number of hydrogen-bond acceptors (Lipinski definition) is 2. The van der Waals surface area contributed by atoms with Gasteiger partial charge in [-0.25, -0.2) is 0 Å². The Kier molecular flexibility index (Phi) is 11.9. The van der Waals surface area contributed by atoms with E-state index < -0.39 is 5.97 Å². The van der Waals surface area contributed by atoms with E-state index in [-0.39, 0.29) is 6.04 Å². The molecule has 1 heterocycles. The number of rotatable bonds is 1. The summed E-state index contributed by atoms with van der Waals surface area (Å²) in [5.41, 5.74) is 0. The summed E-state index contributed by atoms with van der Waals surface area (Å²) < 4.78 is 0. The molecule has 0 aromatic rings. The zero-order chi connectivity index (χ0) is 11.6. The van der Waals surface area contributed by atoms with Crippen LogP contribution in [0.25, 0.3) is 0 Å². The third-order valence-corrected chi connectivity index (χ3v) is 1.81. The van der Waals surface area contributed by atoms with Crippen molar-refractivity contribution in [1.82, 2.24) is 4.90 Å². The monoisotopic (exact) mass is 203 g/mol. The van der Waals surface area contributed by atoms with Crippen molar-refractivity contribution in [2.24, 2.45) is 0 Å². The predicted octanol–water partition coefficient (Wildman–Crippen LogP) is 2.61. The van der Waals surface area contributed by atoms with E-state index >= 15 is 0 Å². The lowest BCUT2D eigenvalue weighted by atomic mass is 10.2. The summed E-state index contributed by atoms with van der Waals surface area (Å²) in [4.78, 5) is 12.2. The fourth-order valence-electron chi connectivity index (χ4n) is 1.22. The summed E-state index contributed by atoms with van der Waals surface area (Å²) in [6.45, 7) is 9.18. The summed E-state index contributed by atoms with van der Waals surface area (Å²) in [7, 11) is 1.85.